The van der Waals surface area contributed by atoms with E-state index in [1.807, 2.05) is 0 Å². The van der Waals surface area contributed by atoms with E-state index in [4.69, 9.17) is 14.2 Å². The Balaban J connectivity index is 1.84. The maximum Gasteiger partial charge on any atom is 0.306 e. The Morgan fingerprint density at radius 3 is 2.24 bits per heavy atom. The first-order chi connectivity index (χ1) is 13.7. The first-order valence-electron chi connectivity index (χ1n) is 8.69. The highest BCUT2D eigenvalue weighted by atomic mass is 32.2. The lowest BCUT2D eigenvalue weighted by molar-refractivity contribution is -0.147. The minimum absolute atomic E-state index is 0.0766. The smallest absolute Gasteiger partial charge is 0.306 e. The second kappa shape index (κ2) is 9.92. The molecule has 0 heterocycles. The van der Waals surface area contributed by atoms with Crippen molar-refractivity contribution in [2.75, 3.05) is 32.4 Å². The van der Waals surface area contributed by atoms with Crippen molar-refractivity contribution in [3.63, 3.8) is 0 Å². The molecule has 8 nitrogen and oxygen atoms in total. The van der Waals surface area contributed by atoms with Gasteiger partial charge in [-0.2, -0.15) is 0 Å². The zero-order chi connectivity index (χ0) is 21.4. The van der Waals surface area contributed by atoms with Gasteiger partial charge < -0.3 is 19.5 Å². The van der Waals surface area contributed by atoms with Crippen molar-refractivity contribution in [3.05, 3.63) is 48.0 Å². The summed E-state index contributed by atoms with van der Waals surface area (Å²) in [5.41, 5.74) is 1.14. The normalized spacial score (nSPS) is 10.9. The number of carbonyl (C=O) groups excluding carboxylic acids is 2. The molecular formula is C20H23NO7S. The van der Waals surface area contributed by atoms with E-state index in [1.54, 1.807) is 24.3 Å². The molecule has 0 bridgehead atoms. The number of benzene rings is 2. The lowest BCUT2D eigenvalue weighted by Gasteiger charge is -2.09. The van der Waals surface area contributed by atoms with Gasteiger partial charge in [0.15, 0.2) is 16.4 Å². The summed E-state index contributed by atoms with van der Waals surface area (Å²) in [7, 11) is -0.308. The monoisotopic (exact) mass is 421 g/mol. The third kappa shape index (κ3) is 7.11. The van der Waals surface area contributed by atoms with Gasteiger partial charge in [-0.05, 0) is 42.3 Å². The molecule has 2 aromatic rings. The Kier molecular flexibility index (Phi) is 7.60. The van der Waals surface area contributed by atoms with Gasteiger partial charge in [-0.15, -0.1) is 0 Å². The topological polar surface area (TPSA) is 108 Å². The number of amides is 1. The van der Waals surface area contributed by atoms with Crippen molar-refractivity contribution in [1.29, 1.82) is 0 Å². The second-order valence-corrected chi connectivity index (χ2v) is 8.25. The number of rotatable bonds is 9. The number of sulfone groups is 1. The number of hydrogen-bond acceptors (Lipinski definition) is 7. The molecule has 0 saturated carbocycles. The summed E-state index contributed by atoms with van der Waals surface area (Å²) in [6, 6.07) is 11.1. The van der Waals surface area contributed by atoms with Gasteiger partial charge in [-0.25, -0.2) is 8.42 Å². The highest BCUT2D eigenvalue weighted by molar-refractivity contribution is 7.90. The van der Waals surface area contributed by atoms with Gasteiger partial charge in [0, 0.05) is 24.4 Å². The van der Waals surface area contributed by atoms with E-state index in [9.17, 15) is 18.0 Å². The van der Waals surface area contributed by atoms with Crippen molar-refractivity contribution in [3.8, 4) is 11.5 Å². The Hall–Kier alpha value is -3.07. The largest absolute Gasteiger partial charge is 0.497 e. The summed E-state index contributed by atoms with van der Waals surface area (Å²) >= 11 is 0. The van der Waals surface area contributed by atoms with Crippen LogP contribution in [0.2, 0.25) is 0 Å². The number of ether oxygens (including phenoxy) is 3. The van der Waals surface area contributed by atoms with Crippen LogP contribution >= 0.6 is 0 Å². The van der Waals surface area contributed by atoms with Crippen molar-refractivity contribution in [2.45, 2.75) is 17.7 Å². The highest BCUT2D eigenvalue weighted by Crippen LogP contribution is 2.23. The molecule has 9 heteroatoms. The van der Waals surface area contributed by atoms with E-state index >= 15 is 0 Å². The van der Waals surface area contributed by atoms with Crippen LogP contribution in [0.25, 0.3) is 0 Å². The van der Waals surface area contributed by atoms with Gasteiger partial charge in [-0.1, -0.05) is 6.07 Å². The number of nitrogens with one attached hydrogen (secondary N) is 1. The third-order valence-electron chi connectivity index (χ3n) is 3.94. The summed E-state index contributed by atoms with van der Waals surface area (Å²) in [6.45, 7) is -0.469. The van der Waals surface area contributed by atoms with Crippen molar-refractivity contribution < 1.29 is 32.2 Å². The molecule has 156 valence electrons. The zero-order valence-corrected chi connectivity index (χ0v) is 17.2. The van der Waals surface area contributed by atoms with Crippen molar-refractivity contribution >= 4 is 27.4 Å². The summed E-state index contributed by atoms with van der Waals surface area (Å²) in [6.07, 6.45) is 1.55. The summed E-state index contributed by atoms with van der Waals surface area (Å²) in [5, 5.41) is 2.50. The lowest BCUT2D eigenvalue weighted by atomic mass is 10.1. The maximum atomic E-state index is 11.9. The minimum atomic E-state index is -3.39. The first kappa shape index (κ1) is 22.2. The summed E-state index contributed by atoms with van der Waals surface area (Å²) in [4.78, 5) is 24.0. The number of anilines is 1. The van der Waals surface area contributed by atoms with Crippen LogP contribution in [-0.2, 0) is 30.6 Å². The van der Waals surface area contributed by atoms with Crippen molar-refractivity contribution in [1.82, 2.24) is 0 Å². The van der Waals surface area contributed by atoms with Crippen LogP contribution in [0, 0.1) is 0 Å². The number of esters is 1. The van der Waals surface area contributed by atoms with Crippen LogP contribution in [0.15, 0.2) is 47.4 Å². The lowest BCUT2D eigenvalue weighted by Crippen LogP contribution is -2.21. The van der Waals surface area contributed by atoms with Crippen LogP contribution < -0.4 is 14.8 Å². The fourth-order valence-corrected chi connectivity index (χ4v) is 3.14. The van der Waals surface area contributed by atoms with Gasteiger partial charge in [0.05, 0.1) is 19.1 Å². The Bertz CT molecular complexity index is 964. The molecule has 2 aromatic carbocycles. The highest BCUT2D eigenvalue weighted by Gasteiger charge is 2.12. The number of aryl methyl sites for hydroxylation is 1. The van der Waals surface area contributed by atoms with Gasteiger partial charge in [-0.3, -0.25) is 9.59 Å². The van der Waals surface area contributed by atoms with E-state index in [0.717, 1.165) is 11.8 Å². The molecule has 0 fully saturated rings. The third-order valence-corrected chi connectivity index (χ3v) is 5.05. The standard InChI is InChI=1S/C20H23NO7S/c1-26-16-9-14(10-17(12-16)27-2)7-8-20(23)28-13-19(22)21-15-5-4-6-18(11-15)29(3,24)25/h4-6,9-12H,7-8,13H2,1-3H3,(H,21,22). The predicted octanol–water partition coefficient (Wildman–Crippen LogP) is 2.22. The maximum absolute atomic E-state index is 11.9. The average Bonchev–Trinajstić information content (AvgIpc) is 2.70. The van der Waals surface area contributed by atoms with E-state index in [0.29, 0.717) is 23.6 Å². The molecule has 0 radical (unpaired) electrons. The molecule has 29 heavy (non-hydrogen) atoms. The molecular weight excluding hydrogens is 398 g/mol. The van der Waals surface area contributed by atoms with Gasteiger partial charge in [0.25, 0.3) is 5.91 Å². The molecule has 0 aliphatic rings. The van der Waals surface area contributed by atoms with E-state index in [2.05, 4.69) is 5.32 Å². The quantitative estimate of drug-likeness (QED) is 0.619. The van der Waals surface area contributed by atoms with Crippen LogP contribution in [-0.4, -0.2) is 47.4 Å². The molecule has 0 spiro atoms. The van der Waals surface area contributed by atoms with Crippen LogP contribution in [0.5, 0.6) is 11.5 Å². The molecule has 2 rings (SSSR count). The second-order valence-electron chi connectivity index (χ2n) is 6.23. The van der Waals surface area contributed by atoms with Crippen LogP contribution in [0.1, 0.15) is 12.0 Å². The fourth-order valence-electron chi connectivity index (χ4n) is 2.48. The molecule has 1 N–H and O–H groups in total. The SMILES string of the molecule is COc1cc(CCC(=O)OCC(=O)Nc2cccc(S(C)(=O)=O)c2)cc(OC)c1. The Morgan fingerprint density at radius 1 is 1.00 bits per heavy atom. The van der Waals surface area contributed by atoms with Crippen LogP contribution in [0.4, 0.5) is 5.69 Å². The summed E-state index contributed by atoms with van der Waals surface area (Å²) in [5.74, 6) is 0.130. The Morgan fingerprint density at radius 2 is 1.66 bits per heavy atom. The molecule has 0 aromatic heterocycles. The van der Waals surface area contributed by atoms with E-state index < -0.39 is 28.3 Å². The van der Waals surface area contributed by atoms with Crippen molar-refractivity contribution in [2.24, 2.45) is 0 Å². The number of carbonyl (C=O) groups is 2. The number of methoxy groups -OCH3 is 2. The first-order valence-corrected chi connectivity index (χ1v) is 10.6. The molecule has 0 saturated heterocycles. The predicted molar refractivity (Wildman–Crippen MR) is 107 cm³/mol. The van der Waals surface area contributed by atoms with E-state index in [1.165, 1.54) is 32.4 Å². The van der Waals surface area contributed by atoms with Crippen LogP contribution in [0.3, 0.4) is 0 Å². The zero-order valence-electron chi connectivity index (χ0n) is 16.4. The summed E-state index contributed by atoms with van der Waals surface area (Å²) < 4.78 is 38.5. The minimum Gasteiger partial charge on any atom is -0.497 e. The molecule has 1 amide bonds. The fraction of sp³-hybridized carbons (Fsp3) is 0.300. The Labute approximate surface area is 169 Å². The molecule has 0 unspecified atom stereocenters. The van der Waals surface area contributed by atoms with E-state index in [-0.39, 0.29) is 11.3 Å². The average molecular weight is 421 g/mol. The van der Waals surface area contributed by atoms with Gasteiger partial charge in [0.2, 0.25) is 0 Å². The van der Waals surface area contributed by atoms with Gasteiger partial charge >= 0.3 is 5.97 Å². The molecule has 0 atom stereocenters. The molecule has 0 aliphatic carbocycles. The number of hydrogen-bond donors (Lipinski definition) is 1. The molecule has 0 aliphatic heterocycles. The van der Waals surface area contributed by atoms with Gasteiger partial charge in [0.1, 0.15) is 11.5 Å².